The number of aryl methyl sites for hydroxylation is 3. The number of hydrogen-bond acceptors (Lipinski definition) is 7. The zero-order valence-electron chi connectivity index (χ0n) is 26.1. The van der Waals surface area contributed by atoms with Crippen LogP contribution in [0.25, 0.3) is 11.3 Å². The number of anilines is 2. The van der Waals surface area contributed by atoms with Crippen molar-refractivity contribution >= 4 is 40.4 Å². The average molecular weight is 639 g/mol. The monoisotopic (exact) mass is 638 g/mol. The van der Waals surface area contributed by atoms with E-state index in [2.05, 4.69) is 5.32 Å². The summed E-state index contributed by atoms with van der Waals surface area (Å²) in [7, 11) is 1.69. The van der Waals surface area contributed by atoms with E-state index < -0.39 is 0 Å². The number of carbonyl (C=O) groups excluding carboxylic acids is 3. The van der Waals surface area contributed by atoms with Crippen LogP contribution >= 0.6 is 11.3 Å². The van der Waals surface area contributed by atoms with E-state index in [-0.39, 0.29) is 35.6 Å². The first kappa shape index (κ1) is 31.2. The summed E-state index contributed by atoms with van der Waals surface area (Å²) in [6, 6.07) is 12.9. The molecular weight excluding hydrogens is 600 g/mol. The molecule has 1 aliphatic heterocycles. The van der Waals surface area contributed by atoms with Gasteiger partial charge in [-0.25, -0.2) is 4.98 Å². The van der Waals surface area contributed by atoms with Gasteiger partial charge in [0.1, 0.15) is 5.69 Å². The van der Waals surface area contributed by atoms with Crippen molar-refractivity contribution in [3.05, 3.63) is 96.7 Å². The molecule has 1 fully saturated rings. The lowest BCUT2D eigenvalue weighted by Gasteiger charge is -2.31. The molecule has 0 unspecified atom stereocenters. The molecule has 4 aromatic rings. The number of amides is 3. The fraction of sp³-hybridized carbons (Fsp3) is 0.343. The van der Waals surface area contributed by atoms with Crippen LogP contribution < -0.4 is 22.3 Å². The SMILES string of the molecule is Cc1c(NC(=O)c2cc3c(s2)CCCC3)cccc1-c1cn(C)c(=O)c(Cc2ccc(C(=O)N3CCC(C(N)=O)CC3)c(N)c2)n1. The summed E-state index contributed by atoms with van der Waals surface area (Å²) < 4.78 is 1.51. The van der Waals surface area contributed by atoms with Gasteiger partial charge in [-0.2, -0.15) is 0 Å². The van der Waals surface area contributed by atoms with Crippen molar-refractivity contribution in [2.75, 3.05) is 24.1 Å². The van der Waals surface area contributed by atoms with Crippen LogP contribution in [0.2, 0.25) is 0 Å². The van der Waals surface area contributed by atoms with Crippen molar-refractivity contribution in [3.63, 3.8) is 0 Å². The minimum absolute atomic E-state index is 0.122. The number of piperidine rings is 1. The van der Waals surface area contributed by atoms with Gasteiger partial charge in [-0.05, 0) is 86.4 Å². The first-order valence-electron chi connectivity index (χ1n) is 15.7. The summed E-state index contributed by atoms with van der Waals surface area (Å²) in [5, 5.41) is 3.09. The molecule has 3 amide bonds. The maximum atomic E-state index is 13.2. The summed E-state index contributed by atoms with van der Waals surface area (Å²) in [5.74, 6) is -0.856. The van der Waals surface area contributed by atoms with Gasteiger partial charge in [0, 0.05) is 60.5 Å². The number of likely N-dealkylation sites (tertiary alicyclic amines) is 1. The Morgan fingerprint density at radius 1 is 1.07 bits per heavy atom. The average Bonchev–Trinajstić information content (AvgIpc) is 3.49. The highest BCUT2D eigenvalue weighted by atomic mass is 32.1. The molecule has 0 atom stereocenters. The second-order valence-electron chi connectivity index (χ2n) is 12.3. The lowest BCUT2D eigenvalue weighted by Crippen LogP contribution is -2.41. The van der Waals surface area contributed by atoms with Crippen molar-refractivity contribution in [3.8, 4) is 11.3 Å². The summed E-state index contributed by atoms with van der Waals surface area (Å²) in [4.78, 5) is 59.5. The van der Waals surface area contributed by atoms with Gasteiger partial charge < -0.3 is 26.3 Å². The van der Waals surface area contributed by atoms with Crippen LogP contribution in [0.5, 0.6) is 0 Å². The van der Waals surface area contributed by atoms with Crippen LogP contribution in [0.3, 0.4) is 0 Å². The largest absolute Gasteiger partial charge is 0.398 e. The number of aromatic nitrogens is 2. The van der Waals surface area contributed by atoms with Crippen LogP contribution in [0.1, 0.15) is 73.0 Å². The van der Waals surface area contributed by atoms with Gasteiger partial charge in [-0.3, -0.25) is 19.2 Å². The highest BCUT2D eigenvalue weighted by molar-refractivity contribution is 7.14. The number of fused-ring (bicyclic) bond motifs is 1. The second-order valence-corrected chi connectivity index (χ2v) is 13.4. The summed E-state index contributed by atoms with van der Waals surface area (Å²) in [6.07, 6.45) is 7.40. The van der Waals surface area contributed by atoms with E-state index in [1.165, 1.54) is 27.8 Å². The summed E-state index contributed by atoms with van der Waals surface area (Å²) in [6.45, 7) is 2.82. The normalized spacial score (nSPS) is 15.0. The van der Waals surface area contributed by atoms with Crippen molar-refractivity contribution in [1.29, 1.82) is 0 Å². The van der Waals surface area contributed by atoms with Gasteiger partial charge in [0.05, 0.1) is 16.1 Å². The van der Waals surface area contributed by atoms with E-state index in [4.69, 9.17) is 16.5 Å². The van der Waals surface area contributed by atoms with Crippen LogP contribution in [-0.4, -0.2) is 45.3 Å². The maximum absolute atomic E-state index is 13.2. The molecule has 2 aliphatic rings. The first-order valence-corrected chi connectivity index (χ1v) is 16.5. The molecule has 0 bridgehead atoms. The molecular formula is C35H38N6O4S. The van der Waals surface area contributed by atoms with Crippen LogP contribution in [0.15, 0.2) is 53.5 Å². The van der Waals surface area contributed by atoms with Crippen molar-refractivity contribution in [2.24, 2.45) is 18.7 Å². The van der Waals surface area contributed by atoms with Gasteiger partial charge in [-0.1, -0.05) is 18.2 Å². The Hall–Kier alpha value is -4.77. The quantitative estimate of drug-likeness (QED) is 0.254. The van der Waals surface area contributed by atoms with Crippen molar-refractivity contribution in [2.45, 2.75) is 51.9 Å². The topological polar surface area (TPSA) is 153 Å². The minimum atomic E-state index is -0.332. The van der Waals surface area contributed by atoms with Crippen LogP contribution in [0.4, 0.5) is 11.4 Å². The van der Waals surface area contributed by atoms with Gasteiger partial charge in [0.2, 0.25) is 5.91 Å². The molecule has 46 heavy (non-hydrogen) atoms. The molecule has 1 aliphatic carbocycles. The number of thiophene rings is 1. The van der Waals surface area contributed by atoms with E-state index in [1.54, 1.807) is 47.7 Å². The van der Waals surface area contributed by atoms with Crippen molar-refractivity contribution < 1.29 is 14.4 Å². The number of rotatable bonds is 7. The molecule has 5 N–H and O–H groups in total. The number of carbonyl (C=O) groups is 3. The fourth-order valence-corrected chi connectivity index (χ4v) is 7.54. The maximum Gasteiger partial charge on any atom is 0.272 e. The van der Waals surface area contributed by atoms with E-state index in [0.717, 1.165) is 34.4 Å². The predicted molar refractivity (Wildman–Crippen MR) is 180 cm³/mol. The number of nitrogens with two attached hydrogens (primary N) is 2. The van der Waals surface area contributed by atoms with Crippen molar-refractivity contribution in [1.82, 2.24) is 14.5 Å². The van der Waals surface area contributed by atoms with Crippen LogP contribution in [-0.2, 0) is 31.1 Å². The number of primary amides is 1. The Balaban J connectivity index is 1.20. The third-order valence-corrected chi connectivity index (χ3v) is 10.4. The predicted octanol–water partition coefficient (Wildman–Crippen LogP) is 4.46. The zero-order chi connectivity index (χ0) is 32.5. The second kappa shape index (κ2) is 12.9. The molecule has 0 spiro atoms. The summed E-state index contributed by atoms with van der Waals surface area (Å²) in [5.41, 5.74) is 17.6. The third kappa shape index (κ3) is 6.32. The molecule has 10 nitrogen and oxygen atoms in total. The van der Waals surface area contributed by atoms with Gasteiger partial charge >= 0.3 is 0 Å². The summed E-state index contributed by atoms with van der Waals surface area (Å²) >= 11 is 1.58. The molecule has 2 aromatic carbocycles. The number of hydrogen-bond donors (Lipinski definition) is 3. The smallest absolute Gasteiger partial charge is 0.272 e. The number of nitrogens with one attached hydrogen (secondary N) is 1. The number of benzene rings is 2. The molecule has 6 rings (SSSR count). The molecule has 1 saturated heterocycles. The van der Waals surface area contributed by atoms with E-state index in [1.807, 2.05) is 31.2 Å². The molecule has 2 aromatic heterocycles. The van der Waals surface area contributed by atoms with E-state index >= 15 is 0 Å². The lowest BCUT2D eigenvalue weighted by atomic mass is 9.95. The molecule has 3 heterocycles. The molecule has 238 valence electrons. The Kier molecular flexibility index (Phi) is 8.77. The molecule has 0 radical (unpaired) electrons. The first-order chi connectivity index (χ1) is 22.1. The standard InChI is InChI=1S/C35H38N6O4S/c1-20-24(7-5-8-27(20)39-33(43)31-18-23-6-3-4-9-30(23)46-31)29-19-40(2)35(45)28(38-29)17-21-10-11-25(26(36)16-21)34(44)41-14-12-22(13-15-41)32(37)42/h5,7-8,10-11,16,18-19,22H,3-4,6,9,12-15,17,36H2,1-2H3,(H2,37,42)(H,39,43). The Bertz CT molecular complexity index is 1880. The number of nitrogens with zero attached hydrogens (tertiary/aromatic N) is 3. The van der Waals surface area contributed by atoms with E-state index in [0.29, 0.717) is 54.3 Å². The Morgan fingerprint density at radius 3 is 2.54 bits per heavy atom. The highest BCUT2D eigenvalue weighted by Gasteiger charge is 2.27. The minimum Gasteiger partial charge on any atom is -0.398 e. The van der Waals surface area contributed by atoms with Gasteiger partial charge in [0.15, 0.2) is 0 Å². The zero-order valence-corrected chi connectivity index (χ0v) is 26.9. The number of nitrogen functional groups attached to an aromatic ring is 1. The van der Waals surface area contributed by atoms with Gasteiger partial charge in [-0.15, -0.1) is 11.3 Å². The molecule has 11 heteroatoms. The lowest BCUT2D eigenvalue weighted by molar-refractivity contribution is -0.123. The third-order valence-electron chi connectivity index (χ3n) is 9.12. The molecule has 0 saturated carbocycles. The Morgan fingerprint density at radius 2 is 1.83 bits per heavy atom. The highest BCUT2D eigenvalue weighted by Crippen LogP contribution is 2.32. The van der Waals surface area contributed by atoms with E-state index in [9.17, 15) is 19.2 Å². The Labute approximate surface area is 271 Å². The van der Waals surface area contributed by atoms with Gasteiger partial charge in [0.25, 0.3) is 17.4 Å². The van der Waals surface area contributed by atoms with Crippen LogP contribution in [0, 0.1) is 12.8 Å². The fourth-order valence-electron chi connectivity index (χ4n) is 6.40.